The lowest BCUT2D eigenvalue weighted by molar-refractivity contribution is 0.494. The molecule has 5 heteroatoms. The van der Waals surface area contributed by atoms with E-state index in [9.17, 15) is 4.39 Å². The summed E-state index contributed by atoms with van der Waals surface area (Å²) >= 11 is 0. The summed E-state index contributed by atoms with van der Waals surface area (Å²) < 4.78 is 15.5. The van der Waals surface area contributed by atoms with Gasteiger partial charge in [0, 0.05) is 19.4 Å². The molecule has 0 bridgehead atoms. The molecule has 1 N–H and O–H groups in total. The van der Waals surface area contributed by atoms with Crippen LogP contribution in [0, 0.1) is 5.82 Å². The highest BCUT2D eigenvalue weighted by Crippen LogP contribution is 2.18. The molecule has 0 saturated carbocycles. The lowest BCUT2D eigenvalue weighted by Gasteiger charge is -2.16. The third-order valence-electron chi connectivity index (χ3n) is 2.77. The molecular weight excluding hydrogens is 231 g/mol. The van der Waals surface area contributed by atoms with Crippen LogP contribution in [0.25, 0.3) is 0 Å². The zero-order chi connectivity index (χ0) is 13.0. The Labute approximate surface area is 106 Å². The maximum atomic E-state index is 13.7. The van der Waals surface area contributed by atoms with Crippen LogP contribution in [0.3, 0.4) is 0 Å². The Kier molecular flexibility index (Phi) is 4.04. The number of hydrogen-bond acceptors (Lipinski definition) is 3. The van der Waals surface area contributed by atoms with Gasteiger partial charge in [0.15, 0.2) is 0 Å². The first-order chi connectivity index (χ1) is 8.70. The van der Waals surface area contributed by atoms with Gasteiger partial charge in [0.2, 0.25) is 0 Å². The van der Waals surface area contributed by atoms with Crippen LogP contribution in [0.4, 0.5) is 4.39 Å². The molecule has 0 spiro atoms. The van der Waals surface area contributed by atoms with Gasteiger partial charge < -0.3 is 5.32 Å². The highest BCUT2D eigenvalue weighted by Gasteiger charge is 2.17. The number of nitrogens with zero attached hydrogens (tertiary/aromatic N) is 3. The van der Waals surface area contributed by atoms with Gasteiger partial charge in [-0.1, -0.05) is 6.92 Å². The number of rotatable bonds is 5. The Morgan fingerprint density at radius 1 is 1.50 bits per heavy atom. The van der Waals surface area contributed by atoms with Gasteiger partial charge >= 0.3 is 0 Å². The molecule has 0 aliphatic carbocycles. The first-order valence-electron chi connectivity index (χ1n) is 6.02. The summed E-state index contributed by atoms with van der Waals surface area (Å²) in [5.41, 5.74) is 1.52. The highest BCUT2D eigenvalue weighted by atomic mass is 19.1. The van der Waals surface area contributed by atoms with Crippen molar-refractivity contribution in [2.45, 2.75) is 19.4 Å². The Hall–Kier alpha value is -1.75. The molecule has 0 radical (unpaired) electrons. The summed E-state index contributed by atoms with van der Waals surface area (Å²) in [7, 11) is 1.87. The largest absolute Gasteiger partial charge is 0.309 e. The van der Waals surface area contributed by atoms with E-state index in [0.29, 0.717) is 12.1 Å². The SMILES string of the molecule is CCNC(Cc1cnn(C)c1)c1ncccc1F. The lowest BCUT2D eigenvalue weighted by atomic mass is 10.1. The van der Waals surface area contributed by atoms with Crippen LogP contribution in [-0.4, -0.2) is 21.3 Å². The molecule has 0 fully saturated rings. The number of pyridine rings is 1. The maximum absolute atomic E-state index is 13.7. The van der Waals surface area contributed by atoms with Crippen molar-refractivity contribution in [3.8, 4) is 0 Å². The van der Waals surface area contributed by atoms with Crippen LogP contribution in [0.2, 0.25) is 0 Å². The summed E-state index contributed by atoms with van der Waals surface area (Å²) in [5.74, 6) is -0.271. The van der Waals surface area contributed by atoms with Crippen molar-refractivity contribution in [1.82, 2.24) is 20.1 Å². The molecule has 2 heterocycles. The zero-order valence-corrected chi connectivity index (χ0v) is 10.6. The number of likely N-dealkylation sites (N-methyl/N-ethyl adjacent to an activating group) is 1. The average Bonchev–Trinajstić information content (AvgIpc) is 2.75. The molecule has 18 heavy (non-hydrogen) atoms. The molecule has 96 valence electrons. The minimum absolute atomic E-state index is 0.125. The quantitative estimate of drug-likeness (QED) is 0.878. The fourth-order valence-corrected chi connectivity index (χ4v) is 1.98. The maximum Gasteiger partial charge on any atom is 0.146 e. The molecule has 1 atom stereocenters. The fraction of sp³-hybridized carbons (Fsp3) is 0.385. The first-order valence-corrected chi connectivity index (χ1v) is 6.02. The van der Waals surface area contributed by atoms with E-state index in [1.165, 1.54) is 6.07 Å². The second-order valence-corrected chi connectivity index (χ2v) is 4.21. The van der Waals surface area contributed by atoms with Gasteiger partial charge in [-0.2, -0.15) is 5.10 Å². The van der Waals surface area contributed by atoms with E-state index in [-0.39, 0.29) is 11.9 Å². The third-order valence-corrected chi connectivity index (χ3v) is 2.77. The van der Waals surface area contributed by atoms with Crippen molar-refractivity contribution in [2.75, 3.05) is 6.54 Å². The third kappa shape index (κ3) is 2.92. The van der Waals surface area contributed by atoms with Crippen molar-refractivity contribution in [1.29, 1.82) is 0 Å². The number of nitrogens with one attached hydrogen (secondary N) is 1. The number of halogens is 1. The van der Waals surface area contributed by atoms with E-state index in [2.05, 4.69) is 15.4 Å². The summed E-state index contributed by atoms with van der Waals surface area (Å²) in [6, 6.07) is 2.92. The van der Waals surface area contributed by atoms with Crippen LogP contribution in [0.1, 0.15) is 24.2 Å². The molecule has 4 nitrogen and oxygen atoms in total. The van der Waals surface area contributed by atoms with E-state index in [1.807, 2.05) is 20.2 Å². The van der Waals surface area contributed by atoms with Crippen LogP contribution < -0.4 is 5.32 Å². The summed E-state index contributed by atoms with van der Waals surface area (Å²) in [4.78, 5) is 4.14. The van der Waals surface area contributed by atoms with Crippen molar-refractivity contribution in [3.05, 3.63) is 47.8 Å². The second kappa shape index (κ2) is 5.73. The Morgan fingerprint density at radius 3 is 2.94 bits per heavy atom. The van der Waals surface area contributed by atoms with E-state index in [4.69, 9.17) is 0 Å². The molecule has 0 saturated heterocycles. The monoisotopic (exact) mass is 248 g/mol. The van der Waals surface area contributed by atoms with Crippen LogP contribution in [0.15, 0.2) is 30.7 Å². The normalized spacial score (nSPS) is 12.6. The number of aromatic nitrogens is 3. The van der Waals surface area contributed by atoms with E-state index in [1.54, 1.807) is 23.1 Å². The van der Waals surface area contributed by atoms with Gasteiger partial charge in [0.1, 0.15) is 5.82 Å². The lowest BCUT2D eigenvalue weighted by Crippen LogP contribution is -2.24. The molecule has 0 aliphatic rings. The number of hydrogen-bond donors (Lipinski definition) is 1. The van der Waals surface area contributed by atoms with Crippen molar-refractivity contribution >= 4 is 0 Å². The molecule has 1 unspecified atom stereocenters. The van der Waals surface area contributed by atoms with Gasteiger partial charge in [0.25, 0.3) is 0 Å². The molecule has 0 amide bonds. The number of aryl methyl sites for hydroxylation is 1. The van der Waals surface area contributed by atoms with Gasteiger partial charge in [-0.15, -0.1) is 0 Å². The van der Waals surface area contributed by atoms with Crippen molar-refractivity contribution in [2.24, 2.45) is 7.05 Å². The molecule has 2 rings (SSSR count). The second-order valence-electron chi connectivity index (χ2n) is 4.21. The Morgan fingerprint density at radius 2 is 2.33 bits per heavy atom. The van der Waals surface area contributed by atoms with Gasteiger partial charge in [-0.25, -0.2) is 4.39 Å². The molecular formula is C13H17FN4. The van der Waals surface area contributed by atoms with Crippen molar-refractivity contribution in [3.63, 3.8) is 0 Å². The smallest absolute Gasteiger partial charge is 0.146 e. The standard InChI is InChI=1S/C13H17FN4/c1-3-15-12(7-10-8-17-18(2)9-10)13-11(14)5-4-6-16-13/h4-6,8-9,12,15H,3,7H2,1-2H3. The van der Waals surface area contributed by atoms with E-state index >= 15 is 0 Å². The average molecular weight is 248 g/mol. The van der Waals surface area contributed by atoms with Gasteiger partial charge in [0.05, 0.1) is 17.9 Å². The Bertz CT molecular complexity index is 509. The van der Waals surface area contributed by atoms with Crippen LogP contribution >= 0.6 is 0 Å². The van der Waals surface area contributed by atoms with Gasteiger partial charge in [-0.3, -0.25) is 9.67 Å². The predicted octanol–water partition coefficient (Wildman–Crippen LogP) is 1.85. The molecule has 2 aromatic heterocycles. The van der Waals surface area contributed by atoms with E-state index < -0.39 is 0 Å². The predicted molar refractivity (Wildman–Crippen MR) is 67.5 cm³/mol. The molecule has 2 aromatic rings. The Balaban J connectivity index is 2.20. The topological polar surface area (TPSA) is 42.7 Å². The van der Waals surface area contributed by atoms with Crippen LogP contribution in [0.5, 0.6) is 0 Å². The fourth-order valence-electron chi connectivity index (χ4n) is 1.98. The zero-order valence-electron chi connectivity index (χ0n) is 10.6. The summed E-state index contributed by atoms with van der Waals surface area (Å²) in [6.45, 7) is 2.76. The van der Waals surface area contributed by atoms with Crippen molar-refractivity contribution < 1.29 is 4.39 Å². The van der Waals surface area contributed by atoms with Gasteiger partial charge in [-0.05, 0) is 30.7 Å². The summed E-state index contributed by atoms with van der Waals surface area (Å²) in [6.07, 6.45) is 6.03. The minimum atomic E-state index is -0.271. The highest BCUT2D eigenvalue weighted by molar-refractivity contribution is 5.16. The molecule has 0 aromatic carbocycles. The van der Waals surface area contributed by atoms with Crippen LogP contribution in [-0.2, 0) is 13.5 Å². The minimum Gasteiger partial charge on any atom is -0.309 e. The van der Waals surface area contributed by atoms with E-state index in [0.717, 1.165) is 12.1 Å². The molecule has 0 aliphatic heterocycles. The first kappa shape index (κ1) is 12.7. The summed E-state index contributed by atoms with van der Waals surface area (Å²) in [5, 5.41) is 7.38.